The van der Waals surface area contributed by atoms with Crippen LogP contribution in [0.25, 0.3) is 0 Å². The summed E-state index contributed by atoms with van der Waals surface area (Å²) in [5.74, 6) is 0.656. The third-order valence-electron chi connectivity index (χ3n) is 5.12. The van der Waals surface area contributed by atoms with Crippen LogP contribution in [0.15, 0.2) is 18.2 Å². The number of aryl methyl sites for hydroxylation is 1. The van der Waals surface area contributed by atoms with Crippen LogP contribution in [0.1, 0.15) is 57.2 Å². The fourth-order valence-corrected chi connectivity index (χ4v) is 3.05. The van der Waals surface area contributed by atoms with Gasteiger partial charge in [-0.3, -0.25) is 0 Å². The molecule has 1 unspecified atom stereocenters. The summed E-state index contributed by atoms with van der Waals surface area (Å²) < 4.78 is 0. The van der Waals surface area contributed by atoms with Crippen molar-refractivity contribution in [2.75, 3.05) is 0 Å². The molecule has 1 atom stereocenters. The quantitative estimate of drug-likeness (QED) is 0.584. The van der Waals surface area contributed by atoms with E-state index in [1.165, 1.54) is 5.56 Å². The SMILES string of the molecule is Cc1cccc2c1C(C)C(C)(C)C2(C)C. The Morgan fingerprint density at radius 3 is 2.20 bits per heavy atom. The number of fused-ring (bicyclic) bond motifs is 1. The zero-order valence-electron chi connectivity index (χ0n) is 10.8. The number of hydrogen-bond donors (Lipinski definition) is 0. The molecule has 1 aliphatic rings. The molecular formula is C15H22. The third kappa shape index (κ3) is 1.14. The second-order valence-corrected chi connectivity index (χ2v) is 6.10. The lowest BCUT2D eigenvalue weighted by atomic mass is 9.65. The minimum Gasteiger partial charge on any atom is -0.0617 e. The summed E-state index contributed by atoms with van der Waals surface area (Å²) in [4.78, 5) is 0. The van der Waals surface area contributed by atoms with Crippen molar-refractivity contribution in [1.82, 2.24) is 0 Å². The van der Waals surface area contributed by atoms with Gasteiger partial charge in [-0.2, -0.15) is 0 Å². The molecule has 1 aromatic carbocycles. The van der Waals surface area contributed by atoms with Gasteiger partial charge in [-0.1, -0.05) is 52.8 Å². The van der Waals surface area contributed by atoms with E-state index in [-0.39, 0.29) is 5.41 Å². The molecule has 2 rings (SSSR count). The molecule has 0 bridgehead atoms. The summed E-state index contributed by atoms with van der Waals surface area (Å²) in [6.07, 6.45) is 0. The van der Waals surface area contributed by atoms with Crippen LogP contribution in [0, 0.1) is 12.3 Å². The van der Waals surface area contributed by atoms with Gasteiger partial charge in [0.05, 0.1) is 0 Å². The molecule has 0 saturated carbocycles. The molecule has 0 fully saturated rings. The topological polar surface area (TPSA) is 0 Å². The average Bonchev–Trinajstić information content (AvgIpc) is 2.27. The van der Waals surface area contributed by atoms with E-state index in [9.17, 15) is 0 Å². The van der Waals surface area contributed by atoms with Crippen molar-refractivity contribution in [3.05, 3.63) is 34.9 Å². The fourth-order valence-electron chi connectivity index (χ4n) is 3.05. The molecule has 0 amide bonds. The minimum atomic E-state index is 0.285. The minimum absolute atomic E-state index is 0.285. The van der Waals surface area contributed by atoms with E-state index < -0.39 is 0 Å². The summed E-state index contributed by atoms with van der Waals surface area (Å²) in [7, 11) is 0. The van der Waals surface area contributed by atoms with Gasteiger partial charge >= 0.3 is 0 Å². The van der Waals surface area contributed by atoms with Gasteiger partial charge in [0.2, 0.25) is 0 Å². The third-order valence-corrected chi connectivity index (χ3v) is 5.12. The molecule has 15 heavy (non-hydrogen) atoms. The normalized spacial score (nSPS) is 26.4. The molecule has 0 N–H and O–H groups in total. The van der Waals surface area contributed by atoms with E-state index in [2.05, 4.69) is 59.7 Å². The zero-order valence-corrected chi connectivity index (χ0v) is 10.8. The fraction of sp³-hybridized carbons (Fsp3) is 0.600. The second kappa shape index (κ2) is 2.87. The molecule has 0 radical (unpaired) electrons. The van der Waals surface area contributed by atoms with E-state index in [0.717, 1.165) is 0 Å². The highest BCUT2D eigenvalue weighted by Gasteiger charge is 2.50. The number of hydrogen-bond acceptors (Lipinski definition) is 0. The molecule has 82 valence electrons. The Balaban J connectivity index is 2.74. The van der Waals surface area contributed by atoms with Crippen LogP contribution in [0.5, 0.6) is 0 Å². The second-order valence-electron chi connectivity index (χ2n) is 6.10. The van der Waals surface area contributed by atoms with E-state index >= 15 is 0 Å². The van der Waals surface area contributed by atoms with E-state index in [1.54, 1.807) is 11.1 Å². The van der Waals surface area contributed by atoms with Crippen LogP contribution in [0.4, 0.5) is 0 Å². The Morgan fingerprint density at radius 2 is 1.67 bits per heavy atom. The highest BCUT2D eigenvalue weighted by atomic mass is 14.5. The summed E-state index contributed by atoms with van der Waals surface area (Å²) in [5, 5.41) is 0. The number of benzene rings is 1. The first kappa shape index (κ1) is 10.7. The van der Waals surface area contributed by atoms with Gasteiger partial charge in [-0.15, -0.1) is 0 Å². The summed E-state index contributed by atoms with van der Waals surface area (Å²) in [6, 6.07) is 6.75. The maximum absolute atomic E-state index is 2.40. The summed E-state index contributed by atoms with van der Waals surface area (Å²) in [5.41, 5.74) is 5.24. The highest BCUT2D eigenvalue weighted by Crippen LogP contribution is 2.58. The molecule has 0 saturated heterocycles. The van der Waals surface area contributed by atoms with Crippen molar-refractivity contribution >= 4 is 0 Å². The van der Waals surface area contributed by atoms with Crippen molar-refractivity contribution in [3.63, 3.8) is 0 Å². The predicted octanol–water partition coefficient (Wildman–Crippen LogP) is 4.42. The average molecular weight is 202 g/mol. The van der Waals surface area contributed by atoms with E-state index in [4.69, 9.17) is 0 Å². The van der Waals surface area contributed by atoms with Crippen molar-refractivity contribution < 1.29 is 0 Å². The van der Waals surface area contributed by atoms with Gasteiger partial charge in [-0.05, 0) is 40.4 Å². The van der Waals surface area contributed by atoms with Crippen LogP contribution < -0.4 is 0 Å². The molecule has 0 spiro atoms. The van der Waals surface area contributed by atoms with Crippen LogP contribution >= 0.6 is 0 Å². The predicted molar refractivity (Wildman–Crippen MR) is 66.4 cm³/mol. The van der Waals surface area contributed by atoms with E-state index in [0.29, 0.717) is 11.3 Å². The van der Waals surface area contributed by atoms with Gasteiger partial charge in [-0.25, -0.2) is 0 Å². The number of rotatable bonds is 0. The van der Waals surface area contributed by atoms with E-state index in [1.807, 2.05) is 0 Å². The first-order chi connectivity index (χ1) is 6.80. The van der Waals surface area contributed by atoms with Gasteiger partial charge in [0.15, 0.2) is 0 Å². The highest BCUT2D eigenvalue weighted by molar-refractivity contribution is 5.48. The smallest absolute Gasteiger partial charge is 0.00438 e. The largest absolute Gasteiger partial charge is 0.0617 e. The molecule has 0 heteroatoms. The van der Waals surface area contributed by atoms with Crippen molar-refractivity contribution in [2.24, 2.45) is 5.41 Å². The molecule has 0 heterocycles. The first-order valence-corrected chi connectivity index (χ1v) is 5.90. The molecule has 0 nitrogen and oxygen atoms in total. The van der Waals surface area contributed by atoms with Gasteiger partial charge in [0.25, 0.3) is 0 Å². The molecule has 1 aliphatic carbocycles. The first-order valence-electron chi connectivity index (χ1n) is 5.90. The maximum Gasteiger partial charge on any atom is -0.00438 e. The lowest BCUT2D eigenvalue weighted by Gasteiger charge is -2.38. The maximum atomic E-state index is 2.40. The molecule has 1 aromatic rings. The van der Waals surface area contributed by atoms with Gasteiger partial charge in [0.1, 0.15) is 0 Å². The van der Waals surface area contributed by atoms with Crippen LogP contribution in [0.3, 0.4) is 0 Å². The lowest BCUT2D eigenvalue weighted by Crippen LogP contribution is -2.33. The monoisotopic (exact) mass is 202 g/mol. The summed E-state index contributed by atoms with van der Waals surface area (Å²) in [6.45, 7) is 14.2. The van der Waals surface area contributed by atoms with Gasteiger partial charge in [0, 0.05) is 0 Å². The zero-order chi connectivity index (χ0) is 11.4. The Bertz CT molecular complexity index is 396. The Hall–Kier alpha value is -0.780. The molecular weight excluding hydrogens is 180 g/mol. The van der Waals surface area contributed by atoms with Crippen molar-refractivity contribution in [2.45, 2.75) is 52.9 Å². The van der Waals surface area contributed by atoms with Gasteiger partial charge < -0.3 is 0 Å². The van der Waals surface area contributed by atoms with Crippen LogP contribution in [0.2, 0.25) is 0 Å². The van der Waals surface area contributed by atoms with Crippen LogP contribution in [-0.4, -0.2) is 0 Å². The van der Waals surface area contributed by atoms with Crippen LogP contribution in [-0.2, 0) is 5.41 Å². The lowest BCUT2D eigenvalue weighted by molar-refractivity contribution is 0.190. The Morgan fingerprint density at radius 1 is 1.07 bits per heavy atom. The summed E-state index contributed by atoms with van der Waals surface area (Å²) >= 11 is 0. The molecule has 0 aromatic heterocycles. The molecule has 0 aliphatic heterocycles. The Kier molecular flexibility index (Phi) is 2.05. The van der Waals surface area contributed by atoms with Crippen molar-refractivity contribution in [3.8, 4) is 0 Å². The standard InChI is InChI=1S/C15H22/c1-10-8-7-9-12-13(10)11(2)14(3,4)15(12,5)6/h7-9,11H,1-6H3. The van der Waals surface area contributed by atoms with Crippen molar-refractivity contribution in [1.29, 1.82) is 0 Å². The Labute approximate surface area is 93.7 Å².